The number of non-ortho nitro benzene ring substituents is 1. The molecule has 4 aromatic rings. The lowest BCUT2D eigenvalue weighted by molar-refractivity contribution is -0.384. The van der Waals surface area contributed by atoms with Crippen LogP contribution < -0.4 is 4.74 Å². The molecule has 0 amide bonds. The van der Waals surface area contributed by atoms with Crippen LogP contribution in [0.4, 0.5) is 5.69 Å². The van der Waals surface area contributed by atoms with Gasteiger partial charge in [0.2, 0.25) is 0 Å². The van der Waals surface area contributed by atoms with Crippen molar-refractivity contribution in [1.29, 1.82) is 0 Å². The van der Waals surface area contributed by atoms with E-state index in [-0.39, 0.29) is 5.69 Å². The number of nitrogens with zero attached hydrogens (tertiary/aromatic N) is 4. The van der Waals surface area contributed by atoms with Gasteiger partial charge < -0.3 is 4.74 Å². The van der Waals surface area contributed by atoms with Crippen LogP contribution in [-0.4, -0.2) is 19.3 Å². The van der Waals surface area contributed by atoms with Crippen molar-refractivity contribution in [2.75, 3.05) is 0 Å². The van der Waals surface area contributed by atoms with Crippen molar-refractivity contribution in [2.24, 2.45) is 0 Å². The molecule has 1 aliphatic carbocycles. The summed E-state index contributed by atoms with van der Waals surface area (Å²) < 4.78 is 7.91. The normalized spacial score (nSPS) is 13.9. The molecule has 0 N–H and O–H groups in total. The van der Waals surface area contributed by atoms with Gasteiger partial charge in [0.1, 0.15) is 17.3 Å². The Morgan fingerprint density at radius 3 is 2.66 bits per heavy atom. The highest BCUT2D eigenvalue weighted by molar-refractivity contribution is 5.77. The summed E-state index contributed by atoms with van der Waals surface area (Å²) in [4.78, 5) is 19.7. The van der Waals surface area contributed by atoms with Gasteiger partial charge in [-0.25, -0.2) is 4.98 Å². The highest BCUT2D eigenvalue weighted by Gasteiger charge is 2.25. The molecule has 0 aliphatic heterocycles. The molecule has 29 heavy (non-hydrogen) atoms. The molecule has 0 bridgehead atoms. The number of rotatable bonds is 5. The van der Waals surface area contributed by atoms with Crippen molar-refractivity contribution in [1.82, 2.24) is 14.4 Å². The molecule has 144 valence electrons. The Hall–Kier alpha value is -3.74. The second-order valence-corrected chi connectivity index (χ2v) is 7.16. The molecule has 1 fully saturated rings. The van der Waals surface area contributed by atoms with Gasteiger partial charge in [-0.2, -0.15) is 0 Å². The summed E-state index contributed by atoms with van der Waals surface area (Å²) in [7, 11) is 0. The lowest BCUT2D eigenvalue weighted by Gasteiger charge is -2.23. The van der Waals surface area contributed by atoms with Gasteiger partial charge in [-0.15, -0.1) is 0 Å². The maximum Gasteiger partial charge on any atom is 0.273 e. The van der Waals surface area contributed by atoms with Crippen molar-refractivity contribution >= 4 is 11.2 Å². The molecule has 1 saturated carbocycles. The van der Waals surface area contributed by atoms with E-state index in [4.69, 9.17) is 9.72 Å². The van der Waals surface area contributed by atoms with Gasteiger partial charge in [0.25, 0.3) is 5.69 Å². The van der Waals surface area contributed by atoms with Crippen molar-refractivity contribution in [2.45, 2.75) is 25.2 Å². The fourth-order valence-electron chi connectivity index (χ4n) is 3.61. The molecule has 0 unspecified atom stereocenters. The zero-order valence-electron chi connectivity index (χ0n) is 15.6. The van der Waals surface area contributed by atoms with E-state index in [1.54, 1.807) is 18.3 Å². The molecule has 0 radical (unpaired) electrons. The first-order valence-electron chi connectivity index (χ1n) is 9.54. The Bertz CT molecular complexity index is 1200. The molecule has 0 saturated heterocycles. The Morgan fingerprint density at radius 2 is 1.93 bits per heavy atom. The number of benzene rings is 2. The van der Waals surface area contributed by atoms with Crippen LogP contribution in [0.2, 0.25) is 0 Å². The number of nitro benzene ring substituents is 1. The molecule has 5 rings (SSSR count). The minimum atomic E-state index is -0.437. The number of nitro groups is 1. The molecular weight excluding hydrogens is 368 g/mol. The number of ether oxygens (including phenoxy) is 1. The summed E-state index contributed by atoms with van der Waals surface area (Å²) in [6.07, 6.45) is 9.21. The number of fused-ring (bicyclic) bond motifs is 1. The number of hydrogen-bond donors (Lipinski definition) is 0. The Morgan fingerprint density at radius 1 is 1.10 bits per heavy atom. The zero-order chi connectivity index (χ0) is 19.8. The van der Waals surface area contributed by atoms with Crippen molar-refractivity contribution in [3.05, 3.63) is 83.1 Å². The minimum absolute atomic E-state index is 0.000348. The van der Waals surface area contributed by atoms with Gasteiger partial charge >= 0.3 is 0 Å². The van der Waals surface area contributed by atoms with E-state index in [0.717, 1.165) is 22.6 Å². The summed E-state index contributed by atoms with van der Waals surface area (Å²) in [5, 5.41) is 10.9. The molecule has 0 spiro atoms. The molecule has 1 aliphatic rings. The summed E-state index contributed by atoms with van der Waals surface area (Å²) >= 11 is 0. The highest BCUT2D eigenvalue weighted by atomic mass is 16.6. The summed E-state index contributed by atoms with van der Waals surface area (Å²) in [6.45, 7) is 0. The van der Waals surface area contributed by atoms with Gasteiger partial charge in [-0.05, 0) is 43.2 Å². The van der Waals surface area contributed by atoms with Crippen LogP contribution >= 0.6 is 0 Å². The maximum atomic E-state index is 10.9. The first-order chi connectivity index (χ1) is 14.2. The van der Waals surface area contributed by atoms with Gasteiger partial charge in [0.15, 0.2) is 0 Å². The topological polar surface area (TPSA) is 82.6 Å². The quantitative estimate of drug-likeness (QED) is 0.340. The Kier molecular flexibility index (Phi) is 4.20. The van der Waals surface area contributed by atoms with E-state index < -0.39 is 4.92 Å². The first-order valence-corrected chi connectivity index (χ1v) is 9.54. The van der Waals surface area contributed by atoms with Crippen LogP contribution in [0, 0.1) is 10.1 Å². The van der Waals surface area contributed by atoms with Crippen LogP contribution in [0.15, 0.2) is 67.1 Å². The molecule has 2 aromatic heterocycles. The average Bonchev–Trinajstić information content (AvgIpc) is 3.07. The van der Waals surface area contributed by atoms with Crippen LogP contribution in [0.25, 0.3) is 16.8 Å². The molecule has 7 heteroatoms. The van der Waals surface area contributed by atoms with Crippen LogP contribution in [0.3, 0.4) is 0 Å². The van der Waals surface area contributed by atoms with Gasteiger partial charge in [0, 0.05) is 29.9 Å². The van der Waals surface area contributed by atoms with Gasteiger partial charge in [0.05, 0.1) is 28.4 Å². The van der Waals surface area contributed by atoms with E-state index in [9.17, 15) is 10.1 Å². The third-order valence-corrected chi connectivity index (χ3v) is 5.34. The van der Waals surface area contributed by atoms with Crippen molar-refractivity contribution in [3.63, 3.8) is 0 Å². The summed E-state index contributed by atoms with van der Waals surface area (Å²) in [5.74, 6) is 2.64. The van der Waals surface area contributed by atoms with Crippen LogP contribution in [0.5, 0.6) is 11.5 Å². The monoisotopic (exact) mass is 386 g/mol. The van der Waals surface area contributed by atoms with Crippen molar-refractivity contribution < 1.29 is 9.66 Å². The lowest BCUT2D eigenvalue weighted by Crippen LogP contribution is -2.12. The fraction of sp³-hybridized carbons (Fsp3) is 0.182. The third kappa shape index (κ3) is 3.20. The third-order valence-electron chi connectivity index (χ3n) is 5.34. The highest BCUT2D eigenvalue weighted by Crippen LogP contribution is 2.38. The Labute approximate surface area is 166 Å². The largest absolute Gasteiger partial charge is 0.457 e. The Balaban J connectivity index is 1.45. The van der Waals surface area contributed by atoms with E-state index in [1.807, 2.05) is 36.7 Å². The summed E-state index contributed by atoms with van der Waals surface area (Å²) in [6, 6.07) is 13.7. The number of imidazole rings is 1. The average molecular weight is 386 g/mol. The standard InChI is InChI=1S/C22H18N4O3/c27-26(28)17-5-2-6-19(13-17)29-18-9-7-15(8-10-18)21-20-14-23-11-12-25(20)22(24-21)16-3-1-4-16/h2,5-14,16H,1,3-4H2. The maximum absolute atomic E-state index is 10.9. The lowest BCUT2D eigenvalue weighted by atomic mass is 9.85. The van der Waals surface area contributed by atoms with E-state index in [0.29, 0.717) is 17.4 Å². The minimum Gasteiger partial charge on any atom is -0.457 e. The molecule has 7 nitrogen and oxygen atoms in total. The van der Waals surface area contributed by atoms with Crippen molar-refractivity contribution in [3.8, 4) is 22.8 Å². The SMILES string of the molecule is O=[N+]([O-])c1cccc(Oc2ccc(-c3nc(C4CCC4)n4ccncc34)cc2)c1. The fourth-order valence-corrected chi connectivity index (χ4v) is 3.61. The molecular formula is C22H18N4O3. The first kappa shape index (κ1) is 17.4. The molecule has 2 heterocycles. The molecule has 0 atom stereocenters. The summed E-state index contributed by atoms with van der Waals surface area (Å²) in [5.41, 5.74) is 2.87. The van der Waals surface area contributed by atoms with Crippen LogP contribution in [-0.2, 0) is 0 Å². The number of hydrogen-bond acceptors (Lipinski definition) is 5. The van der Waals surface area contributed by atoms with E-state index >= 15 is 0 Å². The van der Waals surface area contributed by atoms with Gasteiger partial charge in [-0.3, -0.25) is 19.5 Å². The van der Waals surface area contributed by atoms with E-state index in [1.165, 1.54) is 31.4 Å². The molecule has 2 aromatic carbocycles. The van der Waals surface area contributed by atoms with Gasteiger partial charge in [-0.1, -0.05) is 12.5 Å². The second-order valence-electron chi connectivity index (χ2n) is 7.16. The number of aromatic nitrogens is 3. The zero-order valence-corrected chi connectivity index (χ0v) is 15.6. The predicted molar refractivity (Wildman–Crippen MR) is 108 cm³/mol. The predicted octanol–water partition coefficient (Wildman–Crippen LogP) is 5.36. The van der Waals surface area contributed by atoms with E-state index in [2.05, 4.69) is 9.38 Å². The second kappa shape index (κ2) is 7.01. The van der Waals surface area contributed by atoms with Crippen LogP contribution in [0.1, 0.15) is 31.0 Å². The smallest absolute Gasteiger partial charge is 0.273 e.